The molecule has 34 heavy (non-hydrogen) atoms. The van der Waals surface area contributed by atoms with E-state index in [4.69, 9.17) is 0 Å². The summed E-state index contributed by atoms with van der Waals surface area (Å²) in [6.45, 7) is 10.1. The first-order chi connectivity index (χ1) is 16.1. The normalized spacial score (nSPS) is 12.6. The van der Waals surface area contributed by atoms with E-state index in [0.29, 0.717) is 35.5 Å². The second kappa shape index (κ2) is 11.3. The second-order valence-corrected chi connectivity index (χ2v) is 11.7. The molecule has 3 rings (SSSR count). The molecule has 1 unspecified atom stereocenters. The van der Waals surface area contributed by atoms with Crippen molar-refractivity contribution in [3.8, 4) is 0 Å². The number of sulfonamides is 1. The molecule has 0 aliphatic carbocycles. The van der Waals surface area contributed by atoms with Crippen molar-refractivity contribution in [2.75, 3.05) is 6.54 Å². The summed E-state index contributed by atoms with van der Waals surface area (Å²) >= 11 is 1.59. The van der Waals surface area contributed by atoms with Gasteiger partial charge in [0.25, 0.3) is 0 Å². The minimum Gasteiger partial charge on any atom is -0.332 e. The van der Waals surface area contributed by atoms with Crippen LogP contribution in [0.4, 0.5) is 0 Å². The fourth-order valence-corrected chi connectivity index (χ4v) is 7.02. The molecule has 0 saturated carbocycles. The van der Waals surface area contributed by atoms with Crippen LogP contribution in [-0.2, 0) is 27.9 Å². The predicted octanol–water partition coefficient (Wildman–Crippen LogP) is 5.69. The highest BCUT2D eigenvalue weighted by molar-refractivity contribution is 7.89. The Hall–Kier alpha value is -2.48. The molecular formula is C27H34N2O3S2. The molecule has 0 fully saturated rings. The van der Waals surface area contributed by atoms with Gasteiger partial charge in [-0.1, -0.05) is 61.0 Å². The minimum atomic E-state index is -3.87. The van der Waals surface area contributed by atoms with E-state index >= 15 is 0 Å². The Labute approximate surface area is 208 Å². The molecule has 3 aromatic rings. The highest BCUT2D eigenvalue weighted by atomic mass is 32.2. The zero-order valence-electron chi connectivity index (χ0n) is 20.6. The predicted molar refractivity (Wildman–Crippen MR) is 139 cm³/mol. The zero-order valence-corrected chi connectivity index (χ0v) is 22.2. The molecule has 2 aromatic carbocycles. The third-order valence-corrected chi connectivity index (χ3v) is 9.17. The zero-order chi connectivity index (χ0) is 24.9. The van der Waals surface area contributed by atoms with Crippen molar-refractivity contribution >= 4 is 27.3 Å². The van der Waals surface area contributed by atoms with Crippen LogP contribution in [-0.4, -0.2) is 36.1 Å². The van der Waals surface area contributed by atoms with Gasteiger partial charge in [-0.15, -0.1) is 11.3 Å². The van der Waals surface area contributed by atoms with E-state index in [0.717, 1.165) is 16.0 Å². The average Bonchev–Trinajstić information content (AvgIpc) is 3.29. The van der Waals surface area contributed by atoms with E-state index in [1.807, 2.05) is 94.6 Å². The van der Waals surface area contributed by atoms with Crippen molar-refractivity contribution < 1.29 is 13.2 Å². The van der Waals surface area contributed by atoms with Crippen LogP contribution in [0, 0.1) is 20.8 Å². The summed E-state index contributed by atoms with van der Waals surface area (Å²) < 4.78 is 29.1. The summed E-state index contributed by atoms with van der Waals surface area (Å²) in [4.78, 5) is 16.7. The van der Waals surface area contributed by atoms with Crippen LogP contribution in [0.3, 0.4) is 0 Å². The van der Waals surface area contributed by atoms with E-state index in [9.17, 15) is 13.2 Å². The molecule has 0 aliphatic heterocycles. The number of carbonyl (C=O) groups excluding carboxylic acids is 1. The summed E-state index contributed by atoms with van der Waals surface area (Å²) in [6.07, 6.45) is 0.611. The summed E-state index contributed by atoms with van der Waals surface area (Å²) in [5.74, 6) is -0.205. The largest absolute Gasteiger partial charge is 0.332 e. The molecule has 1 amide bonds. The Morgan fingerprint density at radius 1 is 0.971 bits per heavy atom. The molecule has 0 bridgehead atoms. The Balaban J connectivity index is 1.95. The summed E-state index contributed by atoms with van der Waals surface area (Å²) in [5, 5.41) is 1.99. The fourth-order valence-electron chi connectivity index (χ4n) is 4.23. The van der Waals surface area contributed by atoms with Gasteiger partial charge < -0.3 is 4.90 Å². The molecule has 0 N–H and O–H groups in total. The average molecular weight is 499 g/mol. The van der Waals surface area contributed by atoms with Crippen LogP contribution in [0.1, 0.15) is 47.4 Å². The number of thiophene rings is 1. The molecule has 0 saturated heterocycles. The lowest BCUT2D eigenvalue weighted by atomic mass is 10.1. The van der Waals surface area contributed by atoms with Gasteiger partial charge in [0, 0.05) is 17.5 Å². The van der Waals surface area contributed by atoms with Gasteiger partial charge in [-0.05, 0) is 62.3 Å². The van der Waals surface area contributed by atoms with Crippen molar-refractivity contribution in [1.29, 1.82) is 0 Å². The lowest BCUT2D eigenvalue weighted by Gasteiger charge is -2.31. The van der Waals surface area contributed by atoms with Crippen LogP contribution in [0.2, 0.25) is 0 Å². The number of carbonyl (C=O) groups is 1. The van der Waals surface area contributed by atoms with Crippen molar-refractivity contribution in [3.05, 3.63) is 87.1 Å². The Morgan fingerprint density at radius 3 is 2.18 bits per heavy atom. The van der Waals surface area contributed by atoms with E-state index < -0.39 is 10.0 Å². The summed E-state index contributed by atoms with van der Waals surface area (Å²) in [5.41, 5.74) is 3.44. The Bertz CT molecular complexity index is 1180. The first-order valence-corrected chi connectivity index (χ1v) is 13.9. The van der Waals surface area contributed by atoms with E-state index in [2.05, 4.69) is 0 Å². The molecular weight excluding hydrogens is 464 g/mol. The third-order valence-electron chi connectivity index (χ3n) is 6.04. The summed E-state index contributed by atoms with van der Waals surface area (Å²) in [6, 6.07) is 17.2. The van der Waals surface area contributed by atoms with E-state index in [1.54, 1.807) is 16.2 Å². The number of benzene rings is 2. The Kier molecular flexibility index (Phi) is 8.68. The van der Waals surface area contributed by atoms with Crippen molar-refractivity contribution in [3.63, 3.8) is 0 Å². The quantitative estimate of drug-likeness (QED) is 0.361. The highest BCUT2D eigenvalue weighted by Crippen LogP contribution is 2.27. The van der Waals surface area contributed by atoms with Crippen LogP contribution >= 0.6 is 11.3 Å². The van der Waals surface area contributed by atoms with E-state index in [1.165, 1.54) is 4.31 Å². The van der Waals surface area contributed by atoms with Crippen molar-refractivity contribution in [2.24, 2.45) is 0 Å². The monoisotopic (exact) mass is 498 g/mol. The smallest absolute Gasteiger partial charge is 0.244 e. The van der Waals surface area contributed by atoms with Crippen LogP contribution in [0.25, 0.3) is 0 Å². The second-order valence-electron chi connectivity index (χ2n) is 8.85. The van der Waals surface area contributed by atoms with Gasteiger partial charge >= 0.3 is 0 Å². The molecule has 0 spiro atoms. The van der Waals surface area contributed by atoms with Gasteiger partial charge in [0.1, 0.15) is 0 Å². The SMILES string of the molecule is CCC(C)N(CC(=O)N(Cc1ccccc1)Cc1cccs1)S(=O)(=O)c1c(C)cc(C)cc1C. The summed E-state index contributed by atoms with van der Waals surface area (Å²) in [7, 11) is -3.87. The standard InChI is InChI=1S/C27H34N2O3S2/c1-6-23(5)29(34(31,32)27-21(3)15-20(2)16-22(27)4)19-26(30)28(18-25-13-10-14-33-25)17-24-11-8-7-9-12-24/h7-16,23H,6,17-19H2,1-5H3. The maximum atomic E-state index is 13.9. The topological polar surface area (TPSA) is 57.7 Å². The van der Waals surface area contributed by atoms with Crippen LogP contribution in [0.5, 0.6) is 0 Å². The Morgan fingerprint density at radius 2 is 1.62 bits per heavy atom. The van der Waals surface area contributed by atoms with Crippen LogP contribution in [0.15, 0.2) is 64.9 Å². The molecule has 182 valence electrons. The number of amides is 1. The molecule has 1 aromatic heterocycles. The van der Waals surface area contributed by atoms with Gasteiger partial charge in [-0.3, -0.25) is 4.79 Å². The number of hydrogen-bond donors (Lipinski definition) is 0. The maximum absolute atomic E-state index is 13.9. The fraction of sp³-hybridized carbons (Fsp3) is 0.370. The first kappa shape index (κ1) is 26.1. The highest BCUT2D eigenvalue weighted by Gasteiger charge is 2.34. The van der Waals surface area contributed by atoms with E-state index in [-0.39, 0.29) is 18.5 Å². The lowest BCUT2D eigenvalue weighted by molar-refractivity contribution is -0.133. The first-order valence-electron chi connectivity index (χ1n) is 11.6. The number of hydrogen-bond acceptors (Lipinski definition) is 4. The van der Waals surface area contributed by atoms with Gasteiger partial charge in [-0.25, -0.2) is 8.42 Å². The maximum Gasteiger partial charge on any atom is 0.244 e. The molecule has 0 aliphatic rings. The molecule has 0 radical (unpaired) electrons. The van der Waals surface area contributed by atoms with Crippen molar-refractivity contribution in [1.82, 2.24) is 9.21 Å². The molecule has 1 atom stereocenters. The lowest BCUT2D eigenvalue weighted by Crippen LogP contribution is -2.46. The van der Waals surface area contributed by atoms with Gasteiger partial charge in [0.15, 0.2) is 0 Å². The van der Waals surface area contributed by atoms with Crippen molar-refractivity contribution in [2.45, 2.75) is 65.1 Å². The molecule has 7 heteroatoms. The number of aryl methyl sites for hydroxylation is 3. The van der Waals surface area contributed by atoms with Crippen LogP contribution < -0.4 is 0 Å². The minimum absolute atomic E-state index is 0.192. The van der Waals surface area contributed by atoms with Gasteiger partial charge in [-0.2, -0.15) is 4.31 Å². The number of rotatable bonds is 10. The van der Waals surface area contributed by atoms with Gasteiger partial charge in [0.05, 0.1) is 18.0 Å². The van der Waals surface area contributed by atoms with Gasteiger partial charge in [0.2, 0.25) is 15.9 Å². The third kappa shape index (κ3) is 6.14. The number of nitrogens with zero attached hydrogens (tertiary/aromatic N) is 2. The molecule has 1 heterocycles. The molecule has 5 nitrogen and oxygen atoms in total.